The lowest BCUT2D eigenvalue weighted by atomic mass is 10.1. The Morgan fingerprint density at radius 1 is 0.882 bits per heavy atom. The molecule has 0 spiro atoms. The van der Waals surface area contributed by atoms with Crippen molar-refractivity contribution in [3.05, 3.63) is 89.0 Å². The van der Waals surface area contributed by atoms with Crippen LogP contribution in [0.5, 0.6) is 0 Å². The van der Waals surface area contributed by atoms with E-state index >= 15 is 0 Å². The molecule has 0 radical (unpaired) electrons. The van der Waals surface area contributed by atoms with Crippen LogP contribution < -0.4 is 9.62 Å². The minimum absolute atomic E-state index is 0.00115. The molecule has 5 rings (SSSR count). The number of fused-ring (bicyclic) bond motifs is 2. The van der Waals surface area contributed by atoms with E-state index in [1.54, 1.807) is 12.1 Å². The van der Waals surface area contributed by atoms with E-state index in [1.165, 1.54) is 39.7 Å². The summed E-state index contributed by atoms with van der Waals surface area (Å²) < 4.78 is 33.0. The molecule has 0 aromatic heterocycles. The van der Waals surface area contributed by atoms with Crippen LogP contribution in [0.15, 0.2) is 71.6 Å². The molecule has 2 aliphatic rings. The van der Waals surface area contributed by atoms with Crippen LogP contribution in [0.3, 0.4) is 0 Å². The summed E-state index contributed by atoms with van der Waals surface area (Å²) >= 11 is 0. The number of carbonyl (C=O) groups excluding carboxylic acids is 2. The Morgan fingerprint density at radius 3 is 2.59 bits per heavy atom. The second-order valence-electron chi connectivity index (χ2n) is 8.45. The summed E-state index contributed by atoms with van der Waals surface area (Å²) in [6.45, 7) is -0.119. The van der Waals surface area contributed by atoms with Crippen LogP contribution in [0.25, 0.3) is 0 Å². The molecule has 34 heavy (non-hydrogen) atoms. The standard InChI is InChI=1S/C26H24N2O5S/c29-25(27-22-12-11-18-6-3-7-20(18)15-22)17-33-26(30)21-8-4-9-23(16-21)34(31,32)28-14-13-19-5-1-2-10-24(19)28/h1-2,4-5,8-12,15-16H,3,6-7,13-14,17H2,(H,27,29). The minimum Gasteiger partial charge on any atom is -0.452 e. The van der Waals surface area contributed by atoms with Crippen molar-refractivity contribution in [3.8, 4) is 0 Å². The zero-order chi connectivity index (χ0) is 23.7. The Hall–Kier alpha value is -3.65. The van der Waals surface area contributed by atoms with Crippen molar-refractivity contribution in [1.29, 1.82) is 0 Å². The normalized spacial score (nSPS) is 14.4. The van der Waals surface area contributed by atoms with E-state index in [2.05, 4.69) is 5.32 Å². The van der Waals surface area contributed by atoms with Gasteiger partial charge in [0.2, 0.25) is 0 Å². The first kappa shape index (κ1) is 22.2. The average Bonchev–Trinajstić information content (AvgIpc) is 3.49. The Bertz CT molecular complexity index is 1380. The maximum absolute atomic E-state index is 13.2. The van der Waals surface area contributed by atoms with E-state index in [1.807, 2.05) is 30.3 Å². The summed E-state index contributed by atoms with van der Waals surface area (Å²) in [5.41, 5.74) is 4.89. The number of sulfonamides is 1. The number of carbonyl (C=O) groups is 2. The van der Waals surface area contributed by atoms with E-state index in [-0.39, 0.29) is 10.5 Å². The molecule has 1 heterocycles. The summed E-state index contributed by atoms with van der Waals surface area (Å²) in [5, 5.41) is 2.74. The first-order valence-corrected chi connectivity index (χ1v) is 12.7. The number of nitrogens with one attached hydrogen (secondary N) is 1. The molecule has 0 bridgehead atoms. The summed E-state index contributed by atoms with van der Waals surface area (Å²) in [4.78, 5) is 24.8. The number of nitrogens with zero attached hydrogens (tertiary/aromatic N) is 1. The molecule has 0 saturated carbocycles. The van der Waals surface area contributed by atoms with Crippen molar-refractivity contribution < 1.29 is 22.7 Å². The van der Waals surface area contributed by atoms with Gasteiger partial charge in [0.25, 0.3) is 15.9 Å². The smallest absolute Gasteiger partial charge is 0.338 e. The van der Waals surface area contributed by atoms with Gasteiger partial charge in [0.1, 0.15) is 0 Å². The third-order valence-corrected chi connectivity index (χ3v) is 8.03. The number of esters is 1. The molecule has 174 valence electrons. The maximum Gasteiger partial charge on any atom is 0.338 e. The molecular formula is C26H24N2O5S. The molecular weight excluding hydrogens is 452 g/mol. The van der Waals surface area contributed by atoms with Gasteiger partial charge in [-0.3, -0.25) is 9.10 Å². The van der Waals surface area contributed by atoms with Gasteiger partial charge >= 0.3 is 5.97 Å². The number of amides is 1. The number of rotatable bonds is 6. The molecule has 0 unspecified atom stereocenters. The number of hydrogen-bond acceptors (Lipinski definition) is 5. The molecule has 0 fully saturated rings. The van der Waals surface area contributed by atoms with Gasteiger partial charge < -0.3 is 10.1 Å². The Labute approximate surface area is 198 Å². The zero-order valence-corrected chi connectivity index (χ0v) is 19.3. The van der Waals surface area contributed by atoms with Gasteiger partial charge in [0, 0.05) is 12.2 Å². The first-order chi connectivity index (χ1) is 16.4. The van der Waals surface area contributed by atoms with Crippen molar-refractivity contribution >= 4 is 33.3 Å². The molecule has 8 heteroatoms. The molecule has 3 aromatic carbocycles. The van der Waals surface area contributed by atoms with Gasteiger partial charge in [-0.05, 0) is 78.8 Å². The number of hydrogen-bond donors (Lipinski definition) is 1. The van der Waals surface area contributed by atoms with Crippen molar-refractivity contribution in [2.24, 2.45) is 0 Å². The molecule has 7 nitrogen and oxygen atoms in total. The summed E-state index contributed by atoms with van der Waals surface area (Å²) in [6, 6.07) is 18.9. The topological polar surface area (TPSA) is 92.8 Å². The summed E-state index contributed by atoms with van der Waals surface area (Å²) in [5.74, 6) is -1.22. The predicted octanol–water partition coefficient (Wildman–Crippen LogP) is 3.72. The van der Waals surface area contributed by atoms with Crippen molar-refractivity contribution in [2.75, 3.05) is 22.8 Å². The predicted molar refractivity (Wildman–Crippen MR) is 128 cm³/mol. The Morgan fingerprint density at radius 2 is 1.71 bits per heavy atom. The number of aryl methyl sites for hydroxylation is 2. The fourth-order valence-electron chi connectivity index (χ4n) is 4.53. The quantitative estimate of drug-likeness (QED) is 0.548. The molecule has 3 aromatic rings. The van der Waals surface area contributed by atoms with E-state index in [9.17, 15) is 18.0 Å². The van der Waals surface area contributed by atoms with Gasteiger partial charge in [-0.1, -0.05) is 30.3 Å². The van der Waals surface area contributed by atoms with Gasteiger partial charge in [-0.25, -0.2) is 13.2 Å². The maximum atomic E-state index is 13.2. The zero-order valence-electron chi connectivity index (χ0n) is 18.5. The fraction of sp³-hybridized carbons (Fsp3) is 0.231. The van der Waals surface area contributed by atoms with Gasteiger partial charge in [0.05, 0.1) is 16.1 Å². The molecule has 1 aliphatic heterocycles. The van der Waals surface area contributed by atoms with E-state index in [0.717, 1.165) is 24.8 Å². The fourth-order valence-corrected chi connectivity index (χ4v) is 6.08. The highest BCUT2D eigenvalue weighted by atomic mass is 32.2. The summed E-state index contributed by atoms with van der Waals surface area (Å²) in [6.07, 6.45) is 3.80. The molecule has 0 saturated heterocycles. The van der Waals surface area contributed by atoms with Crippen LogP contribution in [-0.2, 0) is 38.8 Å². The van der Waals surface area contributed by atoms with Crippen molar-refractivity contribution in [3.63, 3.8) is 0 Å². The van der Waals surface area contributed by atoms with Crippen LogP contribution in [0, 0.1) is 0 Å². The van der Waals surface area contributed by atoms with Crippen LogP contribution in [-0.4, -0.2) is 33.4 Å². The minimum atomic E-state index is -3.84. The van der Waals surface area contributed by atoms with Crippen molar-refractivity contribution in [2.45, 2.75) is 30.6 Å². The highest BCUT2D eigenvalue weighted by Crippen LogP contribution is 2.32. The van der Waals surface area contributed by atoms with Gasteiger partial charge in [-0.15, -0.1) is 0 Å². The van der Waals surface area contributed by atoms with Crippen LogP contribution in [0.4, 0.5) is 11.4 Å². The van der Waals surface area contributed by atoms with Crippen LogP contribution in [0.2, 0.25) is 0 Å². The largest absolute Gasteiger partial charge is 0.452 e. The molecule has 0 atom stereocenters. The van der Waals surface area contributed by atoms with E-state index in [0.29, 0.717) is 24.3 Å². The monoisotopic (exact) mass is 476 g/mol. The molecule has 1 aliphatic carbocycles. The number of ether oxygens (including phenoxy) is 1. The lowest BCUT2D eigenvalue weighted by Gasteiger charge is -2.19. The van der Waals surface area contributed by atoms with E-state index in [4.69, 9.17) is 4.74 Å². The van der Waals surface area contributed by atoms with Crippen LogP contribution >= 0.6 is 0 Å². The second-order valence-corrected chi connectivity index (χ2v) is 10.3. The number of anilines is 2. The SMILES string of the molecule is O=C(COC(=O)c1cccc(S(=O)(=O)N2CCc3ccccc32)c1)Nc1ccc2c(c1)CCC2. The Balaban J connectivity index is 1.24. The number of benzene rings is 3. The average molecular weight is 477 g/mol. The highest BCUT2D eigenvalue weighted by Gasteiger charge is 2.31. The Kier molecular flexibility index (Phi) is 5.83. The third-order valence-electron chi connectivity index (χ3n) is 6.22. The van der Waals surface area contributed by atoms with Crippen LogP contribution in [0.1, 0.15) is 33.5 Å². The first-order valence-electron chi connectivity index (χ1n) is 11.2. The van der Waals surface area contributed by atoms with Gasteiger partial charge in [-0.2, -0.15) is 0 Å². The van der Waals surface area contributed by atoms with E-state index < -0.39 is 28.5 Å². The number of para-hydroxylation sites is 1. The van der Waals surface area contributed by atoms with Crippen molar-refractivity contribution in [1.82, 2.24) is 0 Å². The highest BCUT2D eigenvalue weighted by molar-refractivity contribution is 7.92. The van der Waals surface area contributed by atoms with Gasteiger partial charge in [0.15, 0.2) is 6.61 Å². The second kappa shape index (κ2) is 8.95. The third kappa shape index (κ3) is 4.28. The lowest BCUT2D eigenvalue weighted by Crippen LogP contribution is -2.29. The lowest BCUT2D eigenvalue weighted by molar-refractivity contribution is -0.119. The molecule has 1 amide bonds. The molecule has 1 N–H and O–H groups in total. The summed E-state index contributed by atoms with van der Waals surface area (Å²) in [7, 11) is -3.84.